The highest BCUT2D eigenvalue weighted by atomic mass is 127. The average molecular weight is 343 g/mol. The molecule has 5 nitrogen and oxygen atoms in total. The van der Waals surface area contributed by atoms with Crippen LogP contribution in [0.3, 0.4) is 0 Å². The largest absolute Gasteiger partial charge is 0.350 e. The summed E-state index contributed by atoms with van der Waals surface area (Å²) in [5.74, 6) is 0.649. The molecule has 1 N–H and O–H groups in total. The number of nitrogens with zero attached hydrogens (tertiary/aromatic N) is 4. The molecule has 90 valence electrons. The van der Waals surface area contributed by atoms with Crippen molar-refractivity contribution in [2.75, 3.05) is 5.32 Å². The molecule has 0 radical (unpaired) electrons. The molecule has 0 amide bonds. The highest BCUT2D eigenvalue weighted by Gasteiger charge is 2.05. The van der Waals surface area contributed by atoms with Gasteiger partial charge in [-0.3, -0.25) is 4.68 Å². The van der Waals surface area contributed by atoms with Crippen LogP contribution in [0.4, 0.5) is 5.95 Å². The molecule has 6 heteroatoms. The highest BCUT2D eigenvalue weighted by molar-refractivity contribution is 14.1. The van der Waals surface area contributed by atoms with Crippen LogP contribution in [0.1, 0.15) is 18.2 Å². The molecule has 0 saturated heterocycles. The Morgan fingerprint density at radius 2 is 2.06 bits per heavy atom. The molecule has 0 bridgehead atoms. The highest BCUT2D eigenvalue weighted by Crippen LogP contribution is 2.09. The Balaban J connectivity index is 2.04. The Hall–Kier alpha value is -1.18. The first kappa shape index (κ1) is 12.3. The predicted octanol–water partition coefficient (Wildman–Crippen LogP) is 1.99. The summed E-state index contributed by atoms with van der Waals surface area (Å²) in [7, 11) is 1.93. The van der Waals surface area contributed by atoms with Crippen molar-refractivity contribution in [2.24, 2.45) is 7.05 Å². The second-order valence-electron chi connectivity index (χ2n) is 3.71. The Labute approximate surface area is 114 Å². The van der Waals surface area contributed by atoms with Gasteiger partial charge in [-0.1, -0.05) is 6.92 Å². The fourth-order valence-corrected chi connectivity index (χ4v) is 1.89. The van der Waals surface area contributed by atoms with Crippen molar-refractivity contribution in [3.05, 3.63) is 33.4 Å². The van der Waals surface area contributed by atoms with E-state index in [-0.39, 0.29) is 0 Å². The van der Waals surface area contributed by atoms with E-state index in [1.807, 2.05) is 17.9 Å². The smallest absolute Gasteiger partial charge is 0.222 e. The predicted molar refractivity (Wildman–Crippen MR) is 74.7 cm³/mol. The zero-order chi connectivity index (χ0) is 12.3. The maximum Gasteiger partial charge on any atom is 0.222 e. The normalized spacial score (nSPS) is 10.5. The summed E-state index contributed by atoms with van der Waals surface area (Å²) < 4.78 is 2.87. The second-order valence-corrected chi connectivity index (χ2v) is 4.95. The molecule has 0 fully saturated rings. The van der Waals surface area contributed by atoms with E-state index in [1.54, 1.807) is 12.4 Å². The number of aryl methyl sites for hydroxylation is 2. The van der Waals surface area contributed by atoms with E-state index in [4.69, 9.17) is 0 Å². The monoisotopic (exact) mass is 343 g/mol. The van der Waals surface area contributed by atoms with Crippen molar-refractivity contribution < 1.29 is 0 Å². The molecule has 2 heterocycles. The van der Waals surface area contributed by atoms with Gasteiger partial charge in [-0.05, 0) is 29.0 Å². The van der Waals surface area contributed by atoms with E-state index in [0.717, 1.165) is 15.7 Å². The number of halogens is 1. The molecule has 0 aromatic carbocycles. The molecule has 0 unspecified atom stereocenters. The van der Waals surface area contributed by atoms with E-state index >= 15 is 0 Å². The quantitative estimate of drug-likeness (QED) is 0.863. The van der Waals surface area contributed by atoms with Crippen LogP contribution in [0.2, 0.25) is 0 Å². The van der Waals surface area contributed by atoms with Crippen molar-refractivity contribution in [1.29, 1.82) is 0 Å². The fraction of sp³-hybridized carbons (Fsp3) is 0.364. The lowest BCUT2D eigenvalue weighted by Gasteiger charge is -2.03. The van der Waals surface area contributed by atoms with Crippen LogP contribution in [0.15, 0.2) is 18.6 Å². The topological polar surface area (TPSA) is 55.6 Å². The lowest BCUT2D eigenvalue weighted by Crippen LogP contribution is -2.04. The van der Waals surface area contributed by atoms with Crippen LogP contribution in [0, 0.1) is 3.57 Å². The minimum atomic E-state index is 0.649. The lowest BCUT2D eigenvalue weighted by molar-refractivity contribution is 0.746. The van der Waals surface area contributed by atoms with Crippen molar-refractivity contribution in [1.82, 2.24) is 19.7 Å². The van der Waals surface area contributed by atoms with Gasteiger partial charge in [0, 0.05) is 41.3 Å². The van der Waals surface area contributed by atoms with E-state index in [9.17, 15) is 0 Å². The molecule has 2 aromatic heterocycles. The van der Waals surface area contributed by atoms with Crippen molar-refractivity contribution in [3.63, 3.8) is 0 Å². The standard InChI is InChI=1S/C11H14IN5/c1-3-10-8(7-17(2)16-10)4-13-11-14-5-9(12)6-15-11/h5-7H,3-4H2,1-2H3,(H,13,14,15). The first-order valence-corrected chi connectivity index (χ1v) is 6.49. The van der Waals surface area contributed by atoms with Gasteiger partial charge < -0.3 is 5.32 Å². The van der Waals surface area contributed by atoms with Gasteiger partial charge in [-0.15, -0.1) is 0 Å². The summed E-state index contributed by atoms with van der Waals surface area (Å²) >= 11 is 2.18. The maximum atomic E-state index is 4.39. The Kier molecular flexibility index (Phi) is 3.93. The zero-order valence-corrected chi connectivity index (χ0v) is 12.0. The van der Waals surface area contributed by atoms with Crippen LogP contribution in [0.5, 0.6) is 0 Å². The number of hydrogen-bond donors (Lipinski definition) is 1. The van der Waals surface area contributed by atoms with Gasteiger partial charge in [0.05, 0.1) is 5.69 Å². The molecule has 0 atom stereocenters. The van der Waals surface area contributed by atoms with Crippen molar-refractivity contribution >= 4 is 28.5 Å². The van der Waals surface area contributed by atoms with Crippen LogP contribution >= 0.6 is 22.6 Å². The molecule has 0 spiro atoms. The SMILES string of the molecule is CCc1nn(C)cc1CNc1ncc(I)cn1. The summed E-state index contributed by atoms with van der Waals surface area (Å²) in [4.78, 5) is 8.40. The van der Waals surface area contributed by atoms with E-state index < -0.39 is 0 Å². The molecule has 2 rings (SSSR count). The Bertz CT molecular complexity index is 491. The number of hydrogen-bond acceptors (Lipinski definition) is 4. The van der Waals surface area contributed by atoms with Gasteiger partial charge >= 0.3 is 0 Å². The van der Waals surface area contributed by atoms with Gasteiger partial charge in [0.15, 0.2) is 0 Å². The van der Waals surface area contributed by atoms with Gasteiger partial charge in [-0.25, -0.2) is 9.97 Å². The fourth-order valence-electron chi connectivity index (χ4n) is 1.61. The minimum Gasteiger partial charge on any atom is -0.350 e. The Morgan fingerprint density at radius 3 is 2.71 bits per heavy atom. The second kappa shape index (κ2) is 5.44. The first-order valence-electron chi connectivity index (χ1n) is 5.42. The number of anilines is 1. The van der Waals surface area contributed by atoms with Gasteiger partial charge in [-0.2, -0.15) is 5.10 Å². The number of nitrogens with one attached hydrogen (secondary N) is 1. The van der Waals surface area contributed by atoms with Crippen molar-refractivity contribution in [2.45, 2.75) is 19.9 Å². The van der Waals surface area contributed by atoms with Gasteiger partial charge in [0.25, 0.3) is 0 Å². The number of rotatable bonds is 4. The van der Waals surface area contributed by atoms with E-state index in [0.29, 0.717) is 12.5 Å². The summed E-state index contributed by atoms with van der Waals surface area (Å²) in [6.45, 7) is 2.81. The molecule has 0 aliphatic carbocycles. The lowest BCUT2D eigenvalue weighted by atomic mass is 10.2. The van der Waals surface area contributed by atoms with E-state index in [2.05, 4.69) is 49.9 Å². The zero-order valence-electron chi connectivity index (χ0n) is 9.81. The molecule has 0 aliphatic rings. The molecular weight excluding hydrogens is 329 g/mol. The van der Waals surface area contributed by atoms with E-state index in [1.165, 1.54) is 5.56 Å². The third-order valence-corrected chi connectivity index (χ3v) is 2.94. The summed E-state index contributed by atoms with van der Waals surface area (Å²) in [5.41, 5.74) is 2.31. The van der Waals surface area contributed by atoms with Crippen LogP contribution in [-0.2, 0) is 20.0 Å². The molecule has 2 aromatic rings. The summed E-state index contributed by atoms with van der Waals surface area (Å²) in [6.07, 6.45) is 6.55. The average Bonchev–Trinajstić information content (AvgIpc) is 2.69. The number of aromatic nitrogens is 4. The van der Waals surface area contributed by atoms with Gasteiger partial charge in [0.1, 0.15) is 0 Å². The van der Waals surface area contributed by atoms with Crippen LogP contribution in [0.25, 0.3) is 0 Å². The minimum absolute atomic E-state index is 0.649. The Morgan fingerprint density at radius 1 is 1.35 bits per heavy atom. The summed E-state index contributed by atoms with van der Waals surface area (Å²) in [5, 5.41) is 7.59. The maximum absolute atomic E-state index is 4.39. The third kappa shape index (κ3) is 3.15. The summed E-state index contributed by atoms with van der Waals surface area (Å²) in [6, 6.07) is 0. The molecule has 0 saturated carbocycles. The van der Waals surface area contributed by atoms with Crippen LogP contribution < -0.4 is 5.32 Å². The van der Waals surface area contributed by atoms with Gasteiger partial charge in [0.2, 0.25) is 5.95 Å². The van der Waals surface area contributed by atoms with Crippen molar-refractivity contribution in [3.8, 4) is 0 Å². The molecule has 0 aliphatic heterocycles. The molecule has 17 heavy (non-hydrogen) atoms. The first-order chi connectivity index (χ1) is 8.19. The van der Waals surface area contributed by atoms with Crippen LogP contribution in [-0.4, -0.2) is 19.7 Å². The third-order valence-electron chi connectivity index (χ3n) is 2.38. The molecular formula is C11H14IN5.